The normalized spacial score (nSPS) is 18.3. The highest BCUT2D eigenvalue weighted by atomic mass is 16.5. The number of aromatic nitrogens is 1. The highest BCUT2D eigenvalue weighted by Gasteiger charge is 2.53. The predicted octanol–water partition coefficient (Wildman–Crippen LogP) is 3.32. The van der Waals surface area contributed by atoms with Gasteiger partial charge in [0, 0.05) is 23.0 Å². The zero-order valence-corrected chi connectivity index (χ0v) is 22.8. The van der Waals surface area contributed by atoms with Gasteiger partial charge in [-0.15, -0.1) is 0 Å². The zero-order valence-electron chi connectivity index (χ0n) is 22.8. The molecule has 1 aromatic heterocycles. The molecule has 4 N–H and O–H groups in total. The minimum absolute atomic E-state index is 0.0362. The number of para-hydroxylation sites is 2. The monoisotopic (exact) mass is 582 g/mol. The van der Waals surface area contributed by atoms with Crippen LogP contribution in [0.25, 0.3) is 10.9 Å². The summed E-state index contributed by atoms with van der Waals surface area (Å²) < 4.78 is 5.31. The number of carbonyl (C=O) groups excluding carboxylic acids is 3. The van der Waals surface area contributed by atoms with E-state index >= 15 is 0 Å². The first kappa shape index (κ1) is 27.5. The SMILES string of the molecule is COc1ccc(C2c3[nH]c4ccccc4c3C[C@H]3C(=O)N(c4ccccc4C(=O)N[C@@H](CC(=O)O)C(=O)O)C(=O)N23)cc1. The number of fused-ring (bicyclic) bond motifs is 4. The maximum absolute atomic E-state index is 14.2. The number of anilines is 1. The van der Waals surface area contributed by atoms with E-state index in [9.17, 15) is 29.1 Å². The molecule has 4 aromatic rings. The molecule has 0 spiro atoms. The molecule has 0 bridgehead atoms. The largest absolute Gasteiger partial charge is 0.497 e. The molecule has 3 aromatic carbocycles. The smallest absolute Gasteiger partial charge is 0.332 e. The fourth-order valence-electron chi connectivity index (χ4n) is 5.90. The number of nitrogens with one attached hydrogen (secondary N) is 2. The van der Waals surface area contributed by atoms with Crippen molar-refractivity contribution in [1.82, 2.24) is 15.2 Å². The summed E-state index contributed by atoms with van der Waals surface area (Å²) in [6, 6.07) is 16.8. The molecule has 1 saturated heterocycles. The van der Waals surface area contributed by atoms with Crippen LogP contribution in [-0.4, -0.2) is 69.1 Å². The van der Waals surface area contributed by atoms with E-state index in [1.165, 1.54) is 23.1 Å². The number of rotatable bonds is 8. The van der Waals surface area contributed by atoms with Crippen LogP contribution in [0.15, 0.2) is 72.8 Å². The summed E-state index contributed by atoms with van der Waals surface area (Å²) >= 11 is 0. The summed E-state index contributed by atoms with van der Waals surface area (Å²) in [4.78, 5) is 70.2. The van der Waals surface area contributed by atoms with Crippen molar-refractivity contribution < 1.29 is 38.9 Å². The number of aromatic amines is 1. The molecule has 2 aliphatic heterocycles. The van der Waals surface area contributed by atoms with Crippen molar-refractivity contribution in [2.75, 3.05) is 12.0 Å². The number of methoxy groups -OCH3 is 1. The second kappa shape index (κ2) is 10.6. The Hall–Kier alpha value is -5.65. The fraction of sp³-hybridized carbons (Fsp3) is 0.194. The number of benzene rings is 3. The lowest BCUT2D eigenvalue weighted by Crippen LogP contribution is -2.44. The van der Waals surface area contributed by atoms with Gasteiger partial charge >= 0.3 is 18.0 Å². The number of carboxylic acid groups (broad SMARTS) is 2. The highest BCUT2D eigenvalue weighted by molar-refractivity contribution is 6.24. The molecule has 1 unspecified atom stereocenters. The van der Waals surface area contributed by atoms with Gasteiger partial charge in [-0.25, -0.2) is 14.5 Å². The van der Waals surface area contributed by atoms with E-state index < -0.39 is 54.3 Å². The van der Waals surface area contributed by atoms with Crippen LogP contribution in [0.2, 0.25) is 0 Å². The number of ether oxygens (including phenoxy) is 1. The number of H-pyrrole nitrogens is 1. The van der Waals surface area contributed by atoms with Crippen LogP contribution in [0.4, 0.5) is 10.5 Å². The average Bonchev–Trinajstić information content (AvgIpc) is 3.49. The number of carboxylic acids is 2. The van der Waals surface area contributed by atoms with Crippen LogP contribution in [-0.2, 0) is 20.8 Å². The summed E-state index contributed by atoms with van der Waals surface area (Å²) in [5, 5.41) is 21.6. The zero-order chi connectivity index (χ0) is 30.4. The van der Waals surface area contributed by atoms with Crippen molar-refractivity contribution in [2.45, 2.75) is 31.0 Å². The van der Waals surface area contributed by atoms with Crippen molar-refractivity contribution in [3.8, 4) is 5.75 Å². The molecule has 3 atom stereocenters. The lowest BCUT2D eigenvalue weighted by atomic mass is 9.89. The van der Waals surface area contributed by atoms with Gasteiger partial charge in [0.15, 0.2) is 0 Å². The Morgan fingerprint density at radius 3 is 2.40 bits per heavy atom. The molecular weight excluding hydrogens is 556 g/mol. The predicted molar refractivity (Wildman–Crippen MR) is 153 cm³/mol. The van der Waals surface area contributed by atoms with Crippen molar-refractivity contribution in [3.05, 3.63) is 95.2 Å². The van der Waals surface area contributed by atoms with Gasteiger partial charge < -0.3 is 25.3 Å². The molecule has 43 heavy (non-hydrogen) atoms. The second-order valence-corrected chi connectivity index (χ2v) is 10.3. The standard InChI is InChI=1S/C31H26N4O8/c1-43-17-12-10-16(11-13-17)27-26-20(18-6-2-4-8-21(18)32-26)14-24-29(39)35(31(42)34(24)27)23-9-5-3-7-19(23)28(38)33-22(30(40)41)15-25(36)37/h2-13,22,24,27,32H,14-15H2,1H3,(H,33,38)(H,36,37)(H,40,41)/t22-,24-,27?/m0/s1. The number of hydrogen-bond acceptors (Lipinski definition) is 6. The first-order valence-electron chi connectivity index (χ1n) is 13.4. The first-order chi connectivity index (χ1) is 20.7. The van der Waals surface area contributed by atoms with E-state index in [-0.39, 0.29) is 17.7 Å². The Bertz CT molecular complexity index is 1800. The van der Waals surface area contributed by atoms with E-state index in [0.717, 1.165) is 32.6 Å². The molecule has 2 aliphatic rings. The summed E-state index contributed by atoms with van der Waals surface area (Å²) in [5.74, 6) is -3.80. The molecule has 3 heterocycles. The Morgan fingerprint density at radius 2 is 1.70 bits per heavy atom. The summed E-state index contributed by atoms with van der Waals surface area (Å²) in [6.07, 6.45) is -0.614. The number of urea groups is 1. The van der Waals surface area contributed by atoms with Gasteiger partial charge in [-0.05, 0) is 41.5 Å². The fourth-order valence-corrected chi connectivity index (χ4v) is 5.90. The van der Waals surface area contributed by atoms with Gasteiger partial charge in [-0.2, -0.15) is 0 Å². The third kappa shape index (κ3) is 4.62. The molecule has 0 aliphatic carbocycles. The summed E-state index contributed by atoms with van der Waals surface area (Å²) in [5.41, 5.74) is 3.11. The minimum Gasteiger partial charge on any atom is -0.497 e. The Labute approximate surface area is 244 Å². The number of amides is 4. The van der Waals surface area contributed by atoms with Crippen molar-refractivity contribution >= 4 is 46.4 Å². The molecule has 6 rings (SSSR count). The lowest BCUT2D eigenvalue weighted by Gasteiger charge is -2.36. The molecule has 1 fully saturated rings. The van der Waals surface area contributed by atoms with E-state index in [1.54, 1.807) is 25.3 Å². The molecule has 0 radical (unpaired) electrons. The third-order valence-corrected chi connectivity index (χ3v) is 7.85. The number of aliphatic carboxylic acids is 2. The van der Waals surface area contributed by atoms with E-state index in [1.807, 2.05) is 36.4 Å². The highest BCUT2D eigenvalue weighted by Crippen LogP contribution is 2.45. The van der Waals surface area contributed by atoms with Crippen LogP contribution in [0.5, 0.6) is 5.75 Å². The van der Waals surface area contributed by atoms with Gasteiger partial charge in [0.05, 0.1) is 24.8 Å². The number of hydrogen-bond donors (Lipinski definition) is 4. The van der Waals surface area contributed by atoms with Crippen molar-refractivity contribution in [2.24, 2.45) is 0 Å². The number of imide groups is 1. The Balaban J connectivity index is 1.42. The lowest BCUT2D eigenvalue weighted by molar-refractivity contribution is -0.145. The van der Waals surface area contributed by atoms with Crippen LogP contribution in [0.1, 0.15) is 39.6 Å². The van der Waals surface area contributed by atoms with Gasteiger partial charge in [-0.3, -0.25) is 19.3 Å². The van der Waals surface area contributed by atoms with E-state index in [4.69, 9.17) is 9.84 Å². The second-order valence-electron chi connectivity index (χ2n) is 10.3. The van der Waals surface area contributed by atoms with Crippen molar-refractivity contribution in [3.63, 3.8) is 0 Å². The van der Waals surface area contributed by atoms with E-state index in [2.05, 4.69) is 10.3 Å². The molecule has 0 saturated carbocycles. The maximum atomic E-state index is 14.2. The number of carbonyl (C=O) groups is 5. The van der Waals surface area contributed by atoms with Gasteiger partial charge in [0.1, 0.15) is 23.9 Å². The Morgan fingerprint density at radius 1 is 1.00 bits per heavy atom. The van der Waals surface area contributed by atoms with Gasteiger partial charge in [0.25, 0.3) is 11.8 Å². The molecule has 4 amide bonds. The third-order valence-electron chi connectivity index (χ3n) is 7.85. The first-order valence-corrected chi connectivity index (χ1v) is 13.4. The molecular formula is C31H26N4O8. The average molecular weight is 583 g/mol. The van der Waals surface area contributed by atoms with E-state index in [0.29, 0.717) is 5.75 Å². The van der Waals surface area contributed by atoms with Crippen LogP contribution in [0.3, 0.4) is 0 Å². The summed E-state index contributed by atoms with van der Waals surface area (Å²) in [7, 11) is 1.55. The van der Waals surface area contributed by atoms with Crippen molar-refractivity contribution in [1.29, 1.82) is 0 Å². The van der Waals surface area contributed by atoms with Crippen LogP contribution in [0, 0.1) is 0 Å². The molecule has 218 valence electrons. The maximum Gasteiger partial charge on any atom is 0.332 e. The Kier molecular flexibility index (Phi) is 6.81. The molecule has 12 nitrogen and oxygen atoms in total. The molecule has 12 heteroatoms. The van der Waals surface area contributed by atoms with Gasteiger partial charge in [-0.1, -0.05) is 42.5 Å². The topological polar surface area (TPSA) is 169 Å². The minimum atomic E-state index is -1.72. The number of nitrogens with zero attached hydrogens (tertiary/aromatic N) is 2. The van der Waals surface area contributed by atoms with Crippen LogP contribution >= 0.6 is 0 Å². The van der Waals surface area contributed by atoms with Crippen LogP contribution < -0.4 is 15.0 Å². The quantitative estimate of drug-likeness (QED) is 0.229. The summed E-state index contributed by atoms with van der Waals surface area (Å²) in [6.45, 7) is 0. The van der Waals surface area contributed by atoms with Gasteiger partial charge in [0.2, 0.25) is 0 Å².